The lowest BCUT2D eigenvalue weighted by Gasteiger charge is -2.39. The molecule has 7 unspecified atom stereocenters. The Morgan fingerprint density at radius 2 is 1.85 bits per heavy atom. The molecule has 1 aliphatic heterocycles. The van der Waals surface area contributed by atoms with Gasteiger partial charge in [0.05, 0.1) is 12.2 Å². The van der Waals surface area contributed by atoms with Crippen LogP contribution in [0.15, 0.2) is 0 Å². The molecule has 2 fully saturated rings. The molecular weight excluding hydrogens is 246 g/mol. The van der Waals surface area contributed by atoms with Gasteiger partial charge in [-0.05, 0) is 57.4 Å². The van der Waals surface area contributed by atoms with Gasteiger partial charge in [0.25, 0.3) is 0 Å². The van der Waals surface area contributed by atoms with Gasteiger partial charge in [0.2, 0.25) is 0 Å². The summed E-state index contributed by atoms with van der Waals surface area (Å²) in [5, 5.41) is 3.90. The van der Waals surface area contributed by atoms with Crippen LogP contribution in [0.3, 0.4) is 0 Å². The van der Waals surface area contributed by atoms with Crippen molar-refractivity contribution in [1.82, 2.24) is 5.32 Å². The first-order valence-corrected chi connectivity index (χ1v) is 8.93. The molecule has 0 spiro atoms. The summed E-state index contributed by atoms with van der Waals surface area (Å²) < 4.78 is 6.12. The average molecular weight is 281 g/mol. The van der Waals surface area contributed by atoms with E-state index in [1.54, 1.807) is 0 Å². The van der Waals surface area contributed by atoms with E-state index in [-0.39, 0.29) is 0 Å². The molecule has 1 aliphatic carbocycles. The second-order valence-corrected chi connectivity index (χ2v) is 7.49. The van der Waals surface area contributed by atoms with Crippen molar-refractivity contribution in [3.8, 4) is 0 Å². The highest BCUT2D eigenvalue weighted by atomic mass is 16.5. The molecule has 118 valence electrons. The van der Waals surface area contributed by atoms with Crippen LogP contribution in [0.1, 0.15) is 66.7 Å². The minimum Gasteiger partial charge on any atom is -0.375 e. The fourth-order valence-corrected chi connectivity index (χ4v) is 4.65. The van der Waals surface area contributed by atoms with E-state index < -0.39 is 0 Å². The van der Waals surface area contributed by atoms with Crippen LogP contribution in [-0.4, -0.2) is 24.8 Å². The molecule has 0 radical (unpaired) electrons. The Balaban J connectivity index is 2.09. The van der Waals surface area contributed by atoms with Gasteiger partial charge in [-0.2, -0.15) is 0 Å². The molecule has 0 aromatic heterocycles. The fraction of sp³-hybridized carbons (Fsp3) is 1.00. The highest BCUT2D eigenvalue weighted by molar-refractivity contribution is 4.95. The van der Waals surface area contributed by atoms with E-state index in [9.17, 15) is 0 Å². The summed E-state index contributed by atoms with van der Waals surface area (Å²) in [6.45, 7) is 12.8. The van der Waals surface area contributed by atoms with Crippen LogP contribution in [0.25, 0.3) is 0 Å². The van der Waals surface area contributed by atoms with Crippen LogP contribution in [0.5, 0.6) is 0 Å². The molecular formula is C18H35NO. The van der Waals surface area contributed by atoms with E-state index in [4.69, 9.17) is 4.74 Å². The maximum absolute atomic E-state index is 6.12. The summed E-state index contributed by atoms with van der Waals surface area (Å²) in [5.74, 6) is 3.13. The van der Waals surface area contributed by atoms with Gasteiger partial charge in [0.1, 0.15) is 0 Å². The zero-order valence-corrected chi connectivity index (χ0v) is 14.2. The molecule has 1 N–H and O–H groups in total. The smallest absolute Gasteiger partial charge is 0.0597 e. The first-order chi connectivity index (χ1) is 9.54. The number of hydrogen-bond acceptors (Lipinski definition) is 2. The molecule has 0 bridgehead atoms. The molecule has 0 aromatic carbocycles. The summed E-state index contributed by atoms with van der Waals surface area (Å²) in [5.41, 5.74) is 0. The molecule has 2 nitrogen and oxygen atoms in total. The van der Waals surface area contributed by atoms with E-state index in [0.717, 1.165) is 18.4 Å². The Kier molecular flexibility index (Phi) is 5.92. The van der Waals surface area contributed by atoms with Gasteiger partial charge < -0.3 is 10.1 Å². The lowest BCUT2D eigenvalue weighted by Crippen LogP contribution is -2.48. The Labute approximate surface area is 126 Å². The zero-order valence-electron chi connectivity index (χ0n) is 14.2. The van der Waals surface area contributed by atoms with Crippen LogP contribution < -0.4 is 5.32 Å². The summed E-state index contributed by atoms with van der Waals surface area (Å²) in [7, 11) is 0. The minimum absolute atomic E-state index is 0.409. The van der Waals surface area contributed by atoms with Crippen LogP contribution in [0.2, 0.25) is 0 Å². The van der Waals surface area contributed by atoms with Crippen molar-refractivity contribution in [2.75, 3.05) is 6.54 Å². The largest absolute Gasteiger partial charge is 0.375 e. The highest BCUT2D eigenvalue weighted by Gasteiger charge is 2.44. The first-order valence-electron chi connectivity index (χ1n) is 8.93. The molecule has 2 rings (SSSR count). The summed E-state index contributed by atoms with van der Waals surface area (Å²) in [6, 6.07) is 0.660. The lowest BCUT2D eigenvalue weighted by molar-refractivity contribution is 0.0416. The molecule has 0 aromatic rings. The Bertz CT molecular complexity index is 293. The van der Waals surface area contributed by atoms with Crippen molar-refractivity contribution >= 4 is 0 Å². The van der Waals surface area contributed by atoms with Crippen molar-refractivity contribution < 1.29 is 4.74 Å². The predicted molar refractivity (Wildman–Crippen MR) is 85.9 cm³/mol. The Hall–Kier alpha value is -0.0800. The van der Waals surface area contributed by atoms with Crippen LogP contribution in [-0.2, 0) is 4.74 Å². The van der Waals surface area contributed by atoms with Gasteiger partial charge in [-0.1, -0.05) is 33.6 Å². The van der Waals surface area contributed by atoms with E-state index in [1.165, 1.54) is 32.1 Å². The minimum atomic E-state index is 0.409. The highest BCUT2D eigenvalue weighted by Crippen LogP contribution is 2.41. The summed E-state index contributed by atoms with van der Waals surface area (Å²) in [4.78, 5) is 0. The van der Waals surface area contributed by atoms with Gasteiger partial charge in [0, 0.05) is 12.0 Å². The average Bonchev–Trinajstić information content (AvgIpc) is 2.66. The monoisotopic (exact) mass is 281 g/mol. The number of ether oxygens (including phenoxy) is 1. The van der Waals surface area contributed by atoms with Crippen molar-refractivity contribution in [3.63, 3.8) is 0 Å². The van der Waals surface area contributed by atoms with E-state index in [1.807, 2.05) is 0 Å². The third-order valence-electron chi connectivity index (χ3n) is 5.85. The molecule has 2 aliphatic rings. The normalized spacial score (nSPS) is 43.6. The van der Waals surface area contributed by atoms with Gasteiger partial charge in [-0.15, -0.1) is 0 Å². The Morgan fingerprint density at radius 1 is 1.10 bits per heavy atom. The van der Waals surface area contributed by atoms with Crippen LogP contribution in [0, 0.1) is 23.7 Å². The fourth-order valence-electron chi connectivity index (χ4n) is 4.65. The molecule has 2 heteroatoms. The Morgan fingerprint density at radius 3 is 2.40 bits per heavy atom. The number of nitrogens with one attached hydrogen (secondary N) is 1. The summed E-state index contributed by atoms with van der Waals surface area (Å²) >= 11 is 0. The van der Waals surface area contributed by atoms with Crippen LogP contribution in [0.4, 0.5) is 0 Å². The molecule has 0 amide bonds. The molecule has 20 heavy (non-hydrogen) atoms. The first kappa shape index (κ1) is 16.3. The number of hydrogen-bond donors (Lipinski definition) is 1. The molecule has 7 atom stereocenters. The lowest BCUT2D eigenvalue weighted by atomic mass is 9.71. The van der Waals surface area contributed by atoms with Gasteiger partial charge in [-0.25, -0.2) is 0 Å². The maximum atomic E-state index is 6.12. The zero-order chi connectivity index (χ0) is 14.7. The van der Waals surface area contributed by atoms with Crippen molar-refractivity contribution in [3.05, 3.63) is 0 Å². The maximum Gasteiger partial charge on any atom is 0.0597 e. The van der Waals surface area contributed by atoms with Crippen molar-refractivity contribution in [2.45, 2.75) is 85.0 Å². The second-order valence-electron chi connectivity index (χ2n) is 7.49. The van der Waals surface area contributed by atoms with Gasteiger partial charge in [-0.3, -0.25) is 0 Å². The molecule has 1 heterocycles. The van der Waals surface area contributed by atoms with Crippen molar-refractivity contribution in [1.29, 1.82) is 0 Å². The van der Waals surface area contributed by atoms with Gasteiger partial charge in [0.15, 0.2) is 0 Å². The standard InChI is InChI=1S/C18H35NO/c1-6-10-19-18(16-9-7-8-12(2)11-16)17-13(3)14(4)20-15(17)5/h12-19H,6-11H2,1-5H3. The van der Waals surface area contributed by atoms with E-state index in [2.05, 4.69) is 39.9 Å². The van der Waals surface area contributed by atoms with E-state index in [0.29, 0.717) is 30.1 Å². The van der Waals surface area contributed by atoms with Crippen molar-refractivity contribution in [2.24, 2.45) is 23.7 Å². The topological polar surface area (TPSA) is 21.3 Å². The predicted octanol–water partition coefficient (Wildman–Crippen LogP) is 4.24. The van der Waals surface area contributed by atoms with Gasteiger partial charge >= 0.3 is 0 Å². The third kappa shape index (κ3) is 3.57. The molecule has 1 saturated heterocycles. The molecule has 1 saturated carbocycles. The second kappa shape index (κ2) is 7.26. The van der Waals surface area contributed by atoms with E-state index >= 15 is 0 Å². The number of rotatable bonds is 5. The third-order valence-corrected chi connectivity index (χ3v) is 5.85. The summed E-state index contributed by atoms with van der Waals surface area (Å²) in [6.07, 6.45) is 7.72. The quantitative estimate of drug-likeness (QED) is 0.814. The van der Waals surface area contributed by atoms with Crippen LogP contribution >= 0.6 is 0 Å². The SMILES string of the molecule is CCCNC(C1CCCC(C)C1)C1C(C)OC(C)C1C.